The average molecular weight is 333 g/mol. The molecule has 1 aromatic heterocycles. The van der Waals surface area contributed by atoms with Crippen LogP contribution >= 0.6 is 22.9 Å². The van der Waals surface area contributed by atoms with E-state index in [0.29, 0.717) is 23.3 Å². The van der Waals surface area contributed by atoms with E-state index >= 15 is 0 Å². The largest absolute Gasteiger partial charge is 0.481 e. The van der Waals surface area contributed by atoms with E-state index in [-0.39, 0.29) is 18.4 Å². The minimum absolute atomic E-state index is 0.0515. The summed E-state index contributed by atoms with van der Waals surface area (Å²) in [5.74, 6) is -0.493. The van der Waals surface area contributed by atoms with Gasteiger partial charge in [-0.1, -0.05) is 25.4 Å². The van der Waals surface area contributed by atoms with Crippen LogP contribution in [0.2, 0.25) is 4.34 Å². The molecule has 0 radical (unpaired) electrons. The van der Waals surface area contributed by atoms with Gasteiger partial charge in [0.25, 0.3) is 0 Å². The molecule has 1 heterocycles. The minimum atomic E-state index is -0.837. The molecule has 21 heavy (non-hydrogen) atoms. The van der Waals surface area contributed by atoms with Gasteiger partial charge in [0.1, 0.15) is 0 Å². The summed E-state index contributed by atoms with van der Waals surface area (Å²) in [6.45, 7) is 4.85. The number of amides is 2. The number of nitrogens with one attached hydrogen (secondary N) is 2. The van der Waals surface area contributed by atoms with Crippen LogP contribution in [-0.4, -0.2) is 23.7 Å². The monoisotopic (exact) mass is 332 g/mol. The summed E-state index contributed by atoms with van der Waals surface area (Å²) in [6.07, 6.45) is 0.839. The number of aliphatic carboxylic acids is 1. The van der Waals surface area contributed by atoms with Crippen LogP contribution in [0.5, 0.6) is 0 Å². The van der Waals surface area contributed by atoms with Gasteiger partial charge in [-0.05, 0) is 30.4 Å². The van der Waals surface area contributed by atoms with Crippen molar-refractivity contribution in [2.75, 3.05) is 6.54 Å². The maximum Gasteiger partial charge on any atom is 0.315 e. The third kappa shape index (κ3) is 7.92. The summed E-state index contributed by atoms with van der Waals surface area (Å²) in [5.41, 5.74) is 0. The number of thiophene rings is 1. The van der Waals surface area contributed by atoms with Crippen molar-refractivity contribution in [2.45, 2.75) is 33.2 Å². The van der Waals surface area contributed by atoms with Crippen LogP contribution in [0.3, 0.4) is 0 Å². The Kier molecular flexibility index (Phi) is 7.53. The molecule has 0 spiro atoms. The van der Waals surface area contributed by atoms with Gasteiger partial charge in [-0.2, -0.15) is 0 Å². The van der Waals surface area contributed by atoms with Gasteiger partial charge in [0.15, 0.2) is 0 Å². The molecule has 2 amide bonds. The van der Waals surface area contributed by atoms with E-state index in [4.69, 9.17) is 16.7 Å². The van der Waals surface area contributed by atoms with Crippen LogP contribution in [0, 0.1) is 11.8 Å². The van der Waals surface area contributed by atoms with Crippen molar-refractivity contribution in [3.8, 4) is 0 Å². The van der Waals surface area contributed by atoms with Gasteiger partial charge in [0.2, 0.25) is 0 Å². The van der Waals surface area contributed by atoms with Crippen molar-refractivity contribution < 1.29 is 14.7 Å². The van der Waals surface area contributed by atoms with Gasteiger partial charge < -0.3 is 15.7 Å². The molecule has 1 atom stereocenters. The molecule has 0 fully saturated rings. The number of carbonyl (C=O) groups is 2. The molecule has 0 aromatic carbocycles. The third-order valence-corrected chi connectivity index (χ3v) is 4.10. The summed E-state index contributed by atoms with van der Waals surface area (Å²) in [7, 11) is 0. The molecule has 0 aliphatic carbocycles. The van der Waals surface area contributed by atoms with E-state index in [0.717, 1.165) is 11.3 Å². The average Bonchev–Trinajstić information content (AvgIpc) is 2.78. The molecule has 5 nitrogen and oxygen atoms in total. The third-order valence-electron chi connectivity index (χ3n) is 2.87. The lowest BCUT2D eigenvalue weighted by Crippen LogP contribution is -2.38. The molecule has 0 unspecified atom stereocenters. The summed E-state index contributed by atoms with van der Waals surface area (Å²) in [6, 6.07) is 3.35. The summed E-state index contributed by atoms with van der Waals surface area (Å²) < 4.78 is 0.686. The molecule has 0 saturated heterocycles. The Bertz CT molecular complexity index is 477. The maximum atomic E-state index is 11.7. The first-order valence-corrected chi connectivity index (χ1v) is 8.04. The number of halogens is 1. The Labute approximate surface area is 133 Å². The van der Waals surface area contributed by atoms with Crippen LogP contribution in [-0.2, 0) is 11.3 Å². The lowest BCUT2D eigenvalue weighted by atomic mass is 9.94. The van der Waals surface area contributed by atoms with Gasteiger partial charge in [0, 0.05) is 17.8 Å². The lowest BCUT2D eigenvalue weighted by molar-refractivity contribution is -0.138. The van der Waals surface area contributed by atoms with Crippen LogP contribution in [0.4, 0.5) is 4.79 Å². The normalized spacial score (nSPS) is 12.2. The van der Waals surface area contributed by atoms with Crippen LogP contribution in [0.15, 0.2) is 12.1 Å². The molecule has 0 bridgehead atoms. The predicted molar refractivity (Wildman–Crippen MR) is 84.8 cm³/mol. The van der Waals surface area contributed by atoms with Crippen LogP contribution in [0.1, 0.15) is 31.6 Å². The van der Waals surface area contributed by atoms with Crippen LogP contribution < -0.4 is 10.6 Å². The van der Waals surface area contributed by atoms with Gasteiger partial charge in [-0.25, -0.2) is 4.79 Å². The van der Waals surface area contributed by atoms with E-state index in [9.17, 15) is 9.59 Å². The zero-order chi connectivity index (χ0) is 15.8. The zero-order valence-corrected chi connectivity index (χ0v) is 13.8. The highest BCUT2D eigenvalue weighted by atomic mass is 35.5. The highest BCUT2D eigenvalue weighted by Crippen LogP contribution is 2.21. The Morgan fingerprint density at radius 3 is 2.57 bits per heavy atom. The number of carbonyl (C=O) groups excluding carboxylic acids is 1. The second-order valence-electron chi connectivity index (χ2n) is 5.36. The summed E-state index contributed by atoms with van der Waals surface area (Å²) in [5, 5.41) is 14.3. The highest BCUT2D eigenvalue weighted by Gasteiger charge is 2.16. The maximum absolute atomic E-state index is 11.7. The number of carboxylic acid groups (broad SMARTS) is 1. The Morgan fingerprint density at radius 1 is 1.33 bits per heavy atom. The minimum Gasteiger partial charge on any atom is -0.481 e. The molecule has 0 aliphatic rings. The number of urea groups is 1. The molecule has 1 aromatic rings. The zero-order valence-electron chi connectivity index (χ0n) is 12.2. The molecule has 3 N–H and O–H groups in total. The van der Waals surface area contributed by atoms with Crippen molar-refractivity contribution in [3.63, 3.8) is 0 Å². The highest BCUT2D eigenvalue weighted by molar-refractivity contribution is 7.16. The van der Waals surface area contributed by atoms with E-state index < -0.39 is 5.97 Å². The van der Waals surface area contributed by atoms with Gasteiger partial charge in [0.05, 0.1) is 10.9 Å². The molecule has 7 heteroatoms. The quantitative estimate of drug-likeness (QED) is 0.683. The van der Waals surface area contributed by atoms with Crippen molar-refractivity contribution in [1.82, 2.24) is 10.6 Å². The molecular formula is C14H21ClN2O3S. The molecular weight excluding hydrogens is 312 g/mol. The number of rotatable bonds is 8. The Balaban J connectivity index is 2.33. The fourth-order valence-electron chi connectivity index (χ4n) is 2.07. The van der Waals surface area contributed by atoms with Crippen molar-refractivity contribution >= 4 is 34.9 Å². The standard InChI is InChI=1S/C14H21ClN2O3S/c1-9(2)5-10(6-13(18)19)7-16-14(20)17-8-11-3-4-12(15)21-11/h3-4,9-10H,5-8H2,1-2H3,(H,18,19)(H2,16,17,20)/t10-/m0/s1. The fraction of sp³-hybridized carbons (Fsp3) is 0.571. The predicted octanol–water partition coefficient (Wildman–Crippen LogP) is 3.34. The SMILES string of the molecule is CC(C)C[C@H](CNC(=O)NCc1ccc(Cl)s1)CC(=O)O. The van der Waals surface area contributed by atoms with Crippen molar-refractivity contribution in [2.24, 2.45) is 11.8 Å². The van der Waals surface area contributed by atoms with E-state index in [1.807, 2.05) is 19.9 Å². The van der Waals surface area contributed by atoms with E-state index in [1.165, 1.54) is 11.3 Å². The second-order valence-corrected chi connectivity index (χ2v) is 7.16. The topological polar surface area (TPSA) is 78.4 Å². The molecule has 1 rings (SSSR count). The van der Waals surface area contributed by atoms with E-state index in [1.54, 1.807) is 6.07 Å². The van der Waals surface area contributed by atoms with Gasteiger partial charge >= 0.3 is 12.0 Å². The fourth-order valence-corrected chi connectivity index (χ4v) is 3.09. The number of hydrogen-bond acceptors (Lipinski definition) is 3. The molecule has 0 saturated carbocycles. The van der Waals surface area contributed by atoms with Gasteiger partial charge in [-0.3, -0.25) is 4.79 Å². The summed E-state index contributed by atoms with van der Waals surface area (Å²) in [4.78, 5) is 23.5. The Hall–Kier alpha value is -1.27. The second kappa shape index (κ2) is 8.89. The first-order chi connectivity index (χ1) is 9.86. The summed E-state index contributed by atoms with van der Waals surface area (Å²) >= 11 is 7.23. The molecule has 118 valence electrons. The molecule has 0 aliphatic heterocycles. The Morgan fingerprint density at radius 2 is 2.05 bits per heavy atom. The van der Waals surface area contributed by atoms with Crippen molar-refractivity contribution in [1.29, 1.82) is 0 Å². The lowest BCUT2D eigenvalue weighted by Gasteiger charge is -2.17. The van der Waals surface area contributed by atoms with E-state index in [2.05, 4.69) is 10.6 Å². The van der Waals surface area contributed by atoms with Crippen molar-refractivity contribution in [3.05, 3.63) is 21.3 Å². The smallest absolute Gasteiger partial charge is 0.315 e. The van der Waals surface area contributed by atoms with Crippen LogP contribution in [0.25, 0.3) is 0 Å². The first kappa shape index (κ1) is 17.8. The van der Waals surface area contributed by atoms with Gasteiger partial charge in [-0.15, -0.1) is 11.3 Å². The number of hydrogen-bond donors (Lipinski definition) is 3. The number of carboxylic acids is 1. The first-order valence-electron chi connectivity index (χ1n) is 6.84.